The number of nitrogens with two attached hydrogens (primary N) is 1. The van der Waals surface area contributed by atoms with Crippen molar-refractivity contribution in [1.82, 2.24) is 0 Å². The van der Waals surface area contributed by atoms with Crippen LogP contribution in [0, 0.1) is 6.92 Å². The molecule has 16 heavy (non-hydrogen) atoms. The summed E-state index contributed by atoms with van der Waals surface area (Å²) in [6.07, 6.45) is -4.73. The number of hydrogen-bond acceptors (Lipinski definition) is 1. The summed E-state index contributed by atoms with van der Waals surface area (Å²) < 4.78 is 63.4. The third-order valence-electron chi connectivity index (χ3n) is 2.10. The van der Waals surface area contributed by atoms with Crippen molar-refractivity contribution >= 4 is 5.69 Å². The van der Waals surface area contributed by atoms with Gasteiger partial charge in [0.05, 0.1) is 11.3 Å². The van der Waals surface area contributed by atoms with Gasteiger partial charge in [0.1, 0.15) is 0 Å². The van der Waals surface area contributed by atoms with Gasteiger partial charge >= 0.3 is 6.18 Å². The van der Waals surface area contributed by atoms with Gasteiger partial charge in [-0.3, -0.25) is 0 Å². The van der Waals surface area contributed by atoms with Crippen LogP contribution in [0.3, 0.4) is 0 Å². The Morgan fingerprint density at radius 1 is 1.00 bits per heavy atom. The van der Waals surface area contributed by atoms with Crippen molar-refractivity contribution in [3.63, 3.8) is 0 Å². The lowest BCUT2D eigenvalue weighted by molar-refractivity contribution is -0.137. The molecule has 6 heteroatoms. The molecule has 0 radical (unpaired) electrons. The van der Waals surface area contributed by atoms with Crippen LogP contribution in [0.15, 0.2) is 12.1 Å². The molecule has 2 N–H and O–H groups in total. The molecular weight excluding hydrogens is 229 g/mol. The Labute approximate surface area is 89.1 Å². The summed E-state index contributed by atoms with van der Waals surface area (Å²) in [6, 6.07) is 1.72. The van der Waals surface area contributed by atoms with Crippen LogP contribution in [0.2, 0.25) is 0 Å². The topological polar surface area (TPSA) is 26.0 Å². The van der Waals surface area contributed by atoms with Crippen molar-refractivity contribution < 1.29 is 22.0 Å². The van der Waals surface area contributed by atoms with Crippen LogP contribution in [0.4, 0.5) is 27.6 Å². The van der Waals surface area contributed by atoms with Gasteiger partial charge < -0.3 is 5.73 Å². The summed E-state index contributed by atoms with van der Waals surface area (Å²) in [5, 5.41) is 0. The van der Waals surface area contributed by atoms with E-state index in [1.165, 1.54) is 6.92 Å². The zero-order valence-electron chi connectivity index (χ0n) is 8.62. The second-order valence-electron chi connectivity index (χ2n) is 3.66. The van der Waals surface area contributed by atoms with Crippen LogP contribution in [0.25, 0.3) is 0 Å². The van der Waals surface area contributed by atoms with Crippen LogP contribution >= 0.6 is 0 Å². The maximum Gasteiger partial charge on any atom is 0.418 e. The molecule has 0 saturated carbocycles. The molecule has 90 valence electrons. The second kappa shape index (κ2) is 3.61. The first-order chi connectivity index (χ1) is 7.03. The number of anilines is 1. The first kappa shape index (κ1) is 12.7. The lowest BCUT2D eigenvalue weighted by Crippen LogP contribution is -2.17. The van der Waals surface area contributed by atoms with Crippen LogP contribution in [0.1, 0.15) is 23.6 Å². The Balaban J connectivity index is 3.51. The second-order valence-corrected chi connectivity index (χ2v) is 3.66. The van der Waals surface area contributed by atoms with E-state index in [1.807, 2.05) is 0 Å². The minimum atomic E-state index is -4.73. The largest absolute Gasteiger partial charge is 0.418 e. The van der Waals surface area contributed by atoms with Gasteiger partial charge in [0.2, 0.25) is 0 Å². The van der Waals surface area contributed by atoms with E-state index in [4.69, 9.17) is 5.73 Å². The van der Waals surface area contributed by atoms with Gasteiger partial charge in [-0.1, -0.05) is 0 Å². The third-order valence-corrected chi connectivity index (χ3v) is 2.10. The predicted molar refractivity (Wildman–Crippen MR) is 50.2 cm³/mol. The standard InChI is InChI=1S/C10H10F5N/c1-5-3-6(9(2,11)12)8(16)7(4-5)10(13,14)15/h3-4H,16H2,1-2H3. The van der Waals surface area contributed by atoms with E-state index in [9.17, 15) is 22.0 Å². The number of rotatable bonds is 1. The van der Waals surface area contributed by atoms with Gasteiger partial charge in [-0.15, -0.1) is 0 Å². The van der Waals surface area contributed by atoms with E-state index in [2.05, 4.69) is 0 Å². The zero-order valence-corrected chi connectivity index (χ0v) is 8.62. The van der Waals surface area contributed by atoms with Crippen LogP contribution < -0.4 is 5.73 Å². The molecule has 0 spiro atoms. The molecule has 0 aliphatic carbocycles. The van der Waals surface area contributed by atoms with Crippen molar-refractivity contribution in [3.8, 4) is 0 Å². The third kappa shape index (κ3) is 2.43. The molecule has 1 aromatic rings. The fraction of sp³-hybridized carbons (Fsp3) is 0.400. The molecule has 0 aliphatic heterocycles. The van der Waals surface area contributed by atoms with E-state index < -0.39 is 28.9 Å². The average Bonchev–Trinajstić information content (AvgIpc) is 2.04. The van der Waals surface area contributed by atoms with Gasteiger partial charge in [0.15, 0.2) is 0 Å². The van der Waals surface area contributed by atoms with Crippen molar-refractivity contribution in [2.24, 2.45) is 0 Å². The van der Waals surface area contributed by atoms with E-state index >= 15 is 0 Å². The van der Waals surface area contributed by atoms with E-state index in [0.29, 0.717) is 6.92 Å². The normalized spacial score (nSPS) is 12.9. The summed E-state index contributed by atoms with van der Waals surface area (Å²) in [5.41, 5.74) is 2.30. The fourth-order valence-electron chi connectivity index (χ4n) is 1.40. The van der Waals surface area contributed by atoms with E-state index in [0.717, 1.165) is 12.1 Å². The maximum absolute atomic E-state index is 13.0. The molecule has 1 rings (SSSR count). The summed E-state index contributed by atoms with van der Waals surface area (Å²) in [4.78, 5) is 0. The summed E-state index contributed by atoms with van der Waals surface area (Å²) in [6.45, 7) is 1.82. The number of nitrogen functional groups attached to an aromatic ring is 1. The molecule has 0 fully saturated rings. The monoisotopic (exact) mass is 239 g/mol. The highest BCUT2D eigenvalue weighted by atomic mass is 19.4. The van der Waals surface area contributed by atoms with Gasteiger partial charge in [-0.2, -0.15) is 13.2 Å². The first-order valence-corrected chi connectivity index (χ1v) is 4.39. The Bertz CT molecular complexity index is 368. The number of benzene rings is 1. The Hall–Kier alpha value is -1.33. The highest BCUT2D eigenvalue weighted by molar-refractivity contribution is 5.58. The molecule has 1 aromatic carbocycles. The minimum absolute atomic E-state index is 0.0954. The lowest BCUT2D eigenvalue weighted by Gasteiger charge is -2.18. The van der Waals surface area contributed by atoms with E-state index in [-0.39, 0.29) is 5.56 Å². The molecular formula is C10H10F5N. The molecule has 0 unspecified atom stereocenters. The van der Waals surface area contributed by atoms with Gasteiger partial charge in [-0.25, -0.2) is 8.78 Å². The van der Waals surface area contributed by atoms with Crippen LogP contribution in [-0.2, 0) is 12.1 Å². The molecule has 0 saturated heterocycles. The fourth-order valence-corrected chi connectivity index (χ4v) is 1.40. The zero-order chi connectivity index (χ0) is 12.7. The molecule has 0 aliphatic rings. The van der Waals surface area contributed by atoms with Crippen molar-refractivity contribution in [3.05, 3.63) is 28.8 Å². The molecule has 0 bridgehead atoms. The molecule has 0 aromatic heterocycles. The highest BCUT2D eigenvalue weighted by Crippen LogP contribution is 2.40. The highest BCUT2D eigenvalue weighted by Gasteiger charge is 2.37. The Kier molecular flexibility index (Phi) is 2.87. The van der Waals surface area contributed by atoms with Crippen LogP contribution in [0.5, 0.6) is 0 Å². The van der Waals surface area contributed by atoms with Crippen LogP contribution in [-0.4, -0.2) is 0 Å². The lowest BCUT2D eigenvalue weighted by atomic mass is 9.99. The smallest absolute Gasteiger partial charge is 0.398 e. The Morgan fingerprint density at radius 3 is 1.81 bits per heavy atom. The van der Waals surface area contributed by atoms with Crippen molar-refractivity contribution in [1.29, 1.82) is 0 Å². The molecule has 1 nitrogen and oxygen atoms in total. The van der Waals surface area contributed by atoms with Gasteiger partial charge in [0, 0.05) is 12.5 Å². The first-order valence-electron chi connectivity index (χ1n) is 4.39. The van der Waals surface area contributed by atoms with Gasteiger partial charge in [-0.05, 0) is 24.6 Å². The number of halogens is 5. The molecule has 0 heterocycles. The maximum atomic E-state index is 13.0. The van der Waals surface area contributed by atoms with Crippen molar-refractivity contribution in [2.75, 3.05) is 5.73 Å². The summed E-state index contributed by atoms with van der Waals surface area (Å²) in [5.74, 6) is -3.39. The predicted octanol–water partition coefficient (Wildman–Crippen LogP) is 3.71. The Morgan fingerprint density at radius 2 is 1.44 bits per heavy atom. The summed E-state index contributed by atoms with van der Waals surface area (Å²) in [7, 11) is 0. The SMILES string of the molecule is Cc1cc(C(C)(F)F)c(N)c(C(F)(F)F)c1. The quantitative estimate of drug-likeness (QED) is 0.586. The number of alkyl halides is 5. The molecule has 0 amide bonds. The molecule has 0 atom stereocenters. The van der Waals surface area contributed by atoms with E-state index in [1.54, 1.807) is 0 Å². The number of aryl methyl sites for hydroxylation is 1. The minimum Gasteiger partial charge on any atom is -0.398 e. The summed E-state index contributed by atoms with van der Waals surface area (Å²) >= 11 is 0. The average molecular weight is 239 g/mol. The van der Waals surface area contributed by atoms with Crippen molar-refractivity contribution in [2.45, 2.75) is 25.9 Å². The number of hydrogen-bond donors (Lipinski definition) is 1. The van der Waals surface area contributed by atoms with Gasteiger partial charge in [0.25, 0.3) is 5.92 Å².